The third-order valence-electron chi connectivity index (χ3n) is 3.61. The number of amides is 2. The van der Waals surface area contributed by atoms with Gasteiger partial charge < -0.3 is 25.0 Å². The number of anilines is 2. The van der Waals surface area contributed by atoms with Crippen molar-refractivity contribution in [2.24, 2.45) is 0 Å². The summed E-state index contributed by atoms with van der Waals surface area (Å²) in [6.07, 6.45) is 1.76. The van der Waals surface area contributed by atoms with Crippen molar-refractivity contribution in [1.82, 2.24) is 10.3 Å². The fourth-order valence-corrected chi connectivity index (χ4v) is 2.21. The van der Waals surface area contributed by atoms with Crippen molar-refractivity contribution in [3.8, 4) is 0 Å². The number of benzene rings is 1. The summed E-state index contributed by atoms with van der Waals surface area (Å²) in [4.78, 5) is 18.3. The van der Waals surface area contributed by atoms with E-state index in [0.717, 1.165) is 22.6 Å². The fraction of sp³-hybridized carbons (Fsp3) is 0.368. The molecule has 2 amide bonds. The normalized spacial score (nSPS) is 10.4. The molecule has 2 aromatic rings. The lowest BCUT2D eigenvalue weighted by atomic mass is 10.2. The van der Waals surface area contributed by atoms with E-state index in [1.54, 1.807) is 13.3 Å². The summed E-state index contributed by atoms with van der Waals surface area (Å²) in [6, 6.07) is 11.2. The van der Waals surface area contributed by atoms with Crippen molar-refractivity contribution in [3.05, 3.63) is 53.7 Å². The summed E-state index contributed by atoms with van der Waals surface area (Å²) in [5.74, 6) is 0.878. The van der Waals surface area contributed by atoms with E-state index in [1.807, 2.05) is 55.4 Å². The number of nitrogens with zero attached hydrogens (tertiary/aromatic N) is 2. The smallest absolute Gasteiger partial charge is 0.319 e. The Bertz CT molecular complexity index is 689. The largest absolute Gasteiger partial charge is 0.382 e. The predicted octanol–water partition coefficient (Wildman–Crippen LogP) is 2.63. The lowest BCUT2D eigenvalue weighted by molar-refractivity contribution is 0.0617. The van der Waals surface area contributed by atoms with Gasteiger partial charge in [-0.15, -0.1) is 0 Å². The second kappa shape index (κ2) is 10.4. The molecule has 2 N–H and O–H groups in total. The van der Waals surface area contributed by atoms with Gasteiger partial charge in [-0.2, -0.15) is 0 Å². The van der Waals surface area contributed by atoms with E-state index in [-0.39, 0.29) is 6.03 Å². The van der Waals surface area contributed by atoms with Gasteiger partial charge >= 0.3 is 6.03 Å². The molecule has 0 atom stereocenters. The Hall–Kier alpha value is -2.64. The van der Waals surface area contributed by atoms with E-state index in [2.05, 4.69) is 15.6 Å². The van der Waals surface area contributed by atoms with Gasteiger partial charge in [0.15, 0.2) is 0 Å². The highest BCUT2D eigenvalue weighted by Crippen LogP contribution is 2.12. The molecule has 0 unspecified atom stereocenters. The van der Waals surface area contributed by atoms with Crippen LogP contribution in [0, 0.1) is 0 Å². The maximum Gasteiger partial charge on any atom is 0.319 e. The SMILES string of the molecule is COCCOCc1cccc(NC(=O)NCc2ccc(N(C)C)nc2)c1. The first kappa shape index (κ1) is 19.7. The van der Waals surface area contributed by atoms with E-state index in [4.69, 9.17) is 9.47 Å². The summed E-state index contributed by atoms with van der Waals surface area (Å²) in [6.45, 7) is 1.98. The third-order valence-corrected chi connectivity index (χ3v) is 3.61. The van der Waals surface area contributed by atoms with Crippen LogP contribution in [0.4, 0.5) is 16.3 Å². The van der Waals surface area contributed by atoms with Gasteiger partial charge in [0.25, 0.3) is 0 Å². The van der Waals surface area contributed by atoms with Crippen LogP contribution in [-0.4, -0.2) is 45.4 Å². The van der Waals surface area contributed by atoms with E-state index in [0.29, 0.717) is 26.4 Å². The molecule has 7 nitrogen and oxygen atoms in total. The molecule has 2 rings (SSSR count). The molecular weight excluding hydrogens is 332 g/mol. The molecule has 0 fully saturated rings. The average molecular weight is 358 g/mol. The Kier molecular flexibility index (Phi) is 7.85. The first-order valence-corrected chi connectivity index (χ1v) is 8.41. The van der Waals surface area contributed by atoms with E-state index < -0.39 is 0 Å². The Morgan fingerprint density at radius 3 is 2.69 bits per heavy atom. The van der Waals surface area contributed by atoms with Crippen molar-refractivity contribution in [2.75, 3.05) is 44.6 Å². The van der Waals surface area contributed by atoms with Gasteiger partial charge in [0.2, 0.25) is 0 Å². The molecule has 0 saturated heterocycles. The summed E-state index contributed by atoms with van der Waals surface area (Å²) in [7, 11) is 5.51. The molecule has 0 radical (unpaired) electrons. The number of hydrogen-bond donors (Lipinski definition) is 2. The van der Waals surface area contributed by atoms with Crippen LogP contribution in [0.1, 0.15) is 11.1 Å². The first-order valence-electron chi connectivity index (χ1n) is 8.41. The van der Waals surface area contributed by atoms with Crippen LogP contribution in [0.25, 0.3) is 0 Å². The van der Waals surface area contributed by atoms with Gasteiger partial charge in [0.1, 0.15) is 5.82 Å². The van der Waals surface area contributed by atoms with Gasteiger partial charge in [-0.05, 0) is 29.3 Å². The molecular formula is C19H26N4O3. The Labute approximate surface area is 154 Å². The standard InChI is InChI=1S/C19H26N4O3/c1-23(2)18-8-7-16(12-20-18)13-21-19(24)22-17-6-4-5-15(11-17)14-26-10-9-25-3/h4-8,11-12H,9-10,13-14H2,1-3H3,(H2,21,22,24). The Balaban J connectivity index is 1.80. The van der Waals surface area contributed by atoms with Gasteiger partial charge in [-0.1, -0.05) is 18.2 Å². The zero-order chi connectivity index (χ0) is 18.8. The summed E-state index contributed by atoms with van der Waals surface area (Å²) < 4.78 is 10.4. The van der Waals surface area contributed by atoms with Crippen LogP contribution in [-0.2, 0) is 22.6 Å². The van der Waals surface area contributed by atoms with E-state index >= 15 is 0 Å². The first-order chi connectivity index (χ1) is 12.6. The maximum absolute atomic E-state index is 12.1. The van der Waals surface area contributed by atoms with Crippen molar-refractivity contribution in [2.45, 2.75) is 13.2 Å². The van der Waals surface area contributed by atoms with Crippen LogP contribution in [0.15, 0.2) is 42.6 Å². The number of aromatic nitrogens is 1. The number of urea groups is 1. The van der Waals surface area contributed by atoms with Crippen LogP contribution in [0.3, 0.4) is 0 Å². The molecule has 1 heterocycles. The lowest BCUT2D eigenvalue weighted by Gasteiger charge is -2.12. The highest BCUT2D eigenvalue weighted by Gasteiger charge is 2.04. The molecule has 1 aromatic carbocycles. The molecule has 26 heavy (non-hydrogen) atoms. The quantitative estimate of drug-likeness (QED) is 0.674. The maximum atomic E-state index is 12.1. The van der Waals surface area contributed by atoms with Crippen LogP contribution >= 0.6 is 0 Å². The molecule has 0 saturated carbocycles. The van der Waals surface area contributed by atoms with Crippen molar-refractivity contribution >= 4 is 17.5 Å². The highest BCUT2D eigenvalue weighted by atomic mass is 16.5. The monoisotopic (exact) mass is 358 g/mol. The minimum absolute atomic E-state index is 0.265. The molecule has 140 valence electrons. The summed E-state index contributed by atoms with van der Waals surface area (Å²) in [5.41, 5.74) is 2.64. The Morgan fingerprint density at radius 2 is 2.00 bits per heavy atom. The van der Waals surface area contributed by atoms with Gasteiger partial charge in [-0.3, -0.25) is 0 Å². The van der Waals surface area contributed by atoms with Gasteiger partial charge in [-0.25, -0.2) is 9.78 Å². The number of carbonyl (C=O) groups is 1. The number of ether oxygens (including phenoxy) is 2. The molecule has 0 aliphatic carbocycles. The summed E-state index contributed by atoms with van der Waals surface area (Å²) >= 11 is 0. The molecule has 0 bridgehead atoms. The Morgan fingerprint density at radius 1 is 1.15 bits per heavy atom. The molecule has 0 aliphatic rings. The van der Waals surface area contributed by atoms with Crippen molar-refractivity contribution in [1.29, 1.82) is 0 Å². The van der Waals surface area contributed by atoms with E-state index in [1.165, 1.54) is 0 Å². The minimum atomic E-state index is -0.265. The van der Waals surface area contributed by atoms with E-state index in [9.17, 15) is 4.79 Å². The number of methoxy groups -OCH3 is 1. The minimum Gasteiger partial charge on any atom is -0.382 e. The molecule has 7 heteroatoms. The average Bonchev–Trinajstić information content (AvgIpc) is 2.64. The van der Waals surface area contributed by atoms with Crippen LogP contribution in [0.2, 0.25) is 0 Å². The molecule has 0 aliphatic heterocycles. The number of hydrogen-bond acceptors (Lipinski definition) is 5. The second-order valence-corrected chi connectivity index (χ2v) is 5.97. The van der Waals surface area contributed by atoms with Gasteiger partial charge in [0, 0.05) is 39.6 Å². The molecule has 1 aromatic heterocycles. The van der Waals surface area contributed by atoms with Crippen LogP contribution < -0.4 is 15.5 Å². The summed E-state index contributed by atoms with van der Waals surface area (Å²) in [5, 5.41) is 5.65. The van der Waals surface area contributed by atoms with Crippen molar-refractivity contribution in [3.63, 3.8) is 0 Å². The van der Waals surface area contributed by atoms with Gasteiger partial charge in [0.05, 0.1) is 19.8 Å². The second-order valence-electron chi connectivity index (χ2n) is 5.97. The molecule has 0 spiro atoms. The van der Waals surface area contributed by atoms with Crippen molar-refractivity contribution < 1.29 is 14.3 Å². The highest BCUT2D eigenvalue weighted by molar-refractivity contribution is 5.89. The zero-order valence-electron chi connectivity index (χ0n) is 15.5. The third kappa shape index (κ3) is 6.70. The zero-order valence-corrected chi connectivity index (χ0v) is 15.5. The fourth-order valence-electron chi connectivity index (χ4n) is 2.21. The number of nitrogens with one attached hydrogen (secondary N) is 2. The predicted molar refractivity (Wildman–Crippen MR) is 102 cm³/mol. The number of pyridine rings is 1. The topological polar surface area (TPSA) is 75.7 Å². The number of rotatable bonds is 9. The van der Waals surface area contributed by atoms with Crippen LogP contribution in [0.5, 0.6) is 0 Å². The lowest BCUT2D eigenvalue weighted by Crippen LogP contribution is -2.28. The number of carbonyl (C=O) groups excluding carboxylic acids is 1.